The largest absolute Gasteiger partial charge is 0.497 e. The lowest BCUT2D eigenvalue weighted by atomic mass is 10.0. The topological polar surface area (TPSA) is 152 Å². The zero-order valence-electron chi connectivity index (χ0n) is 17.4. The molecule has 2 aromatic rings. The van der Waals surface area contributed by atoms with Crippen LogP contribution in [0.3, 0.4) is 0 Å². The van der Waals surface area contributed by atoms with Gasteiger partial charge in [-0.2, -0.15) is 5.06 Å². The third kappa shape index (κ3) is 5.78. The van der Waals surface area contributed by atoms with Crippen molar-refractivity contribution in [1.82, 2.24) is 15.4 Å². The number of nitrogens with zero attached hydrogens (tertiary/aromatic N) is 2. The van der Waals surface area contributed by atoms with Crippen molar-refractivity contribution in [2.24, 2.45) is 11.7 Å². The number of carbonyl (C=O) groups excluding carboxylic acids is 2. The van der Waals surface area contributed by atoms with E-state index < -0.39 is 39.0 Å². The maximum Gasteiger partial charge on any atom is 0.256 e. The lowest BCUT2D eigenvalue weighted by molar-refractivity contribution is -0.171. The molecule has 1 aromatic heterocycles. The van der Waals surface area contributed by atoms with E-state index in [1.807, 2.05) is 0 Å². The quantitative estimate of drug-likeness (QED) is 0.448. The minimum atomic E-state index is -4.46. The third-order valence-corrected chi connectivity index (χ3v) is 6.49. The summed E-state index contributed by atoms with van der Waals surface area (Å²) in [6.45, 7) is 3.12. The summed E-state index contributed by atoms with van der Waals surface area (Å²) in [5.74, 6) is -2.14. The number of carbonyl (C=O) groups is 2. The number of amides is 2. The molecule has 2 atom stereocenters. The number of sulfone groups is 1. The molecule has 0 saturated carbocycles. The van der Waals surface area contributed by atoms with E-state index in [1.54, 1.807) is 32.2 Å². The smallest absolute Gasteiger partial charge is 0.256 e. The number of aromatic nitrogens is 1. The van der Waals surface area contributed by atoms with Crippen molar-refractivity contribution in [1.29, 1.82) is 0 Å². The lowest BCUT2D eigenvalue weighted by Crippen LogP contribution is -2.58. The molecule has 1 aromatic carbocycles. The highest BCUT2D eigenvalue weighted by atomic mass is 32.2. The normalized spacial score (nSPS) is 13.6. The van der Waals surface area contributed by atoms with Crippen LogP contribution in [0.15, 0.2) is 53.7 Å². The van der Waals surface area contributed by atoms with Gasteiger partial charge in [-0.1, -0.05) is 19.9 Å². The van der Waals surface area contributed by atoms with Gasteiger partial charge in [0.05, 0.1) is 12.0 Å². The van der Waals surface area contributed by atoms with Gasteiger partial charge in [0.1, 0.15) is 11.8 Å². The van der Waals surface area contributed by atoms with Crippen LogP contribution >= 0.6 is 0 Å². The molecule has 0 fully saturated rings. The maximum atomic E-state index is 13.3. The second-order valence-electron chi connectivity index (χ2n) is 7.12. The number of nitrogens with one attached hydrogen (secondary N) is 1. The van der Waals surface area contributed by atoms with E-state index in [2.05, 4.69) is 10.3 Å². The molecule has 0 aliphatic heterocycles. The van der Waals surface area contributed by atoms with E-state index in [0.29, 0.717) is 11.3 Å². The molecule has 0 bridgehead atoms. The molecule has 0 aliphatic rings. The van der Waals surface area contributed by atoms with Crippen LogP contribution < -0.4 is 15.8 Å². The average Bonchev–Trinajstić information content (AvgIpc) is 2.72. The SMILES string of the molecule is COc1ccc(S(=O)(=O)C(C(=O)NCc2cccnc2)N(O)[C@@H](C(N)=O)C(C)C)cc1. The molecule has 31 heavy (non-hydrogen) atoms. The number of benzene rings is 1. The van der Waals surface area contributed by atoms with Gasteiger partial charge in [0, 0.05) is 18.9 Å². The number of ether oxygens (including phenoxy) is 1. The molecular formula is C20H26N4O6S. The van der Waals surface area contributed by atoms with Gasteiger partial charge in [-0.25, -0.2) is 8.42 Å². The van der Waals surface area contributed by atoms with E-state index in [9.17, 15) is 23.2 Å². The van der Waals surface area contributed by atoms with E-state index in [1.165, 1.54) is 37.6 Å². The van der Waals surface area contributed by atoms with E-state index in [4.69, 9.17) is 10.5 Å². The van der Waals surface area contributed by atoms with Gasteiger partial charge in [-0.15, -0.1) is 0 Å². The minimum absolute atomic E-state index is 0.0297. The van der Waals surface area contributed by atoms with Crippen molar-refractivity contribution in [3.05, 3.63) is 54.4 Å². The van der Waals surface area contributed by atoms with Crippen LogP contribution in [0.25, 0.3) is 0 Å². The predicted molar refractivity (Wildman–Crippen MR) is 111 cm³/mol. The zero-order chi connectivity index (χ0) is 23.2. The third-order valence-electron chi connectivity index (χ3n) is 4.54. The molecule has 11 heteroatoms. The Kier molecular flexibility index (Phi) is 8.08. The number of primary amides is 1. The Morgan fingerprint density at radius 1 is 1.23 bits per heavy atom. The summed E-state index contributed by atoms with van der Waals surface area (Å²) in [5.41, 5.74) is 5.99. The number of hydrogen-bond acceptors (Lipinski definition) is 8. The van der Waals surface area contributed by atoms with Crippen molar-refractivity contribution < 1.29 is 28.0 Å². The first-order valence-corrected chi connectivity index (χ1v) is 10.9. The van der Waals surface area contributed by atoms with Crippen LogP contribution in [0.1, 0.15) is 19.4 Å². The first-order chi connectivity index (χ1) is 14.6. The summed E-state index contributed by atoms with van der Waals surface area (Å²) in [6.07, 6.45) is 3.06. The van der Waals surface area contributed by atoms with Crippen molar-refractivity contribution in [2.45, 2.75) is 36.7 Å². The molecule has 0 saturated heterocycles. The fourth-order valence-corrected chi connectivity index (χ4v) is 4.54. The van der Waals surface area contributed by atoms with Crippen LogP contribution in [-0.2, 0) is 26.0 Å². The van der Waals surface area contributed by atoms with E-state index in [-0.39, 0.29) is 16.5 Å². The fraction of sp³-hybridized carbons (Fsp3) is 0.350. The van der Waals surface area contributed by atoms with Crippen LogP contribution in [0, 0.1) is 5.92 Å². The number of hydroxylamine groups is 2. The monoisotopic (exact) mass is 450 g/mol. The van der Waals surface area contributed by atoms with Gasteiger partial charge < -0.3 is 21.0 Å². The first-order valence-electron chi connectivity index (χ1n) is 9.40. The van der Waals surface area contributed by atoms with Gasteiger partial charge >= 0.3 is 0 Å². The molecule has 1 unspecified atom stereocenters. The summed E-state index contributed by atoms with van der Waals surface area (Å²) in [6, 6.07) is 7.25. The summed E-state index contributed by atoms with van der Waals surface area (Å²) in [5, 5.41) is 11.3. The Bertz CT molecular complexity index is 996. The number of pyridine rings is 1. The van der Waals surface area contributed by atoms with Crippen LogP contribution in [0.5, 0.6) is 5.75 Å². The second kappa shape index (κ2) is 10.3. The summed E-state index contributed by atoms with van der Waals surface area (Å²) >= 11 is 0. The van der Waals surface area contributed by atoms with E-state index >= 15 is 0 Å². The Morgan fingerprint density at radius 2 is 1.87 bits per heavy atom. The van der Waals surface area contributed by atoms with Gasteiger partial charge in [-0.05, 0) is 41.8 Å². The highest BCUT2D eigenvalue weighted by Crippen LogP contribution is 2.24. The average molecular weight is 451 g/mol. The molecule has 1 heterocycles. The predicted octanol–water partition coefficient (Wildman–Crippen LogP) is 0.707. The van der Waals surface area contributed by atoms with Crippen molar-refractivity contribution in [3.63, 3.8) is 0 Å². The van der Waals surface area contributed by atoms with Crippen molar-refractivity contribution in [3.8, 4) is 5.75 Å². The molecule has 0 spiro atoms. The Hall–Kier alpha value is -3.02. The van der Waals surface area contributed by atoms with Crippen molar-refractivity contribution in [2.75, 3.05) is 7.11 Å². The Balaban J connectivity index is 2.44. The lowest BCUT2D eigenvalue weighted by Gasteiger charge is -2.32. The maximum absolute atomic E-state index is 13.3. The fourth-order valence-electron chi connectivity index (χ4n) is 2.99. The second-order valence-corrected chi connectivity index (χ2v) is 9.13. The number of rotatable bonds is 10. The van der Waals surface area contributed by atoms with Gasteiger partial charge in [-0.3, -0.25) is 14.6 Å². The number of nitrogens with two attached hydrogens (primary N) is 1. The molecule has 0 radical (unpaired) electrons. The minimum Gasteiger partial charge on any atom is -0.497 e. The molecule has 0 aliphatic carbocycles. The van der Waals surface area contributed by atoms with Gasteiger partial charge in [0.15, 0.2) is 0 Å². The summed E-state index contributed by atoms with van der Waals surface area (Å²) in [7, 11) is -3.03. The van der Waals surface area contributed by atoms with E-state index in [0.717, 1.165) is 0 Å². The highest BCUT2D eigenvalue weighted by molar-refractivity contribution is 7.92. The zero-order valence-corrected chi connectivity index (χ0v) is 18.2. The summed E-state index contributed by atoms with van der Waals surface area (Å²) < 4.78 is 31.6. The molecule has 2 rings (SSSR count). The Labute approximate surface area is 180 Å². The first kappa shape index (κ1) is 24.3. The molecule has 10 nitrogen and oxygen atoms in total. The van der Waals surface area contributed by atoms with Gasteiger partial charge in [0.25, 0.3) is 5.91 Å². The van der Waals surface area contributed by atoms with Crippen LogP contribution in [0.2, 0.25) is 0 Å². The number of hydrogen-bond donors (Lipinski definition) is 3. The molecular weight excluding hydrogens is 424 g/mol. The van der Waals surface area contributed by atoms with Crippen molar-refractivity contribution >= 4 is 21.7 Å². The molecule has 2 amide bonds. The standard InChI is InChI=1S/C20H26N4O6S/c1-13(2)17(18(21)25)24(27)20(19(26)23-12-14-5-4-10-22-11-14)31(28,29)16-8-6-15(30-3)7-9-16/h4-11,13,17,20,27H,12H2,1-3H3,(H2,21,25)(H,23,26)/t17-,20?/m1/s1. The van der Waals surface area contributed by atoms with Crippen LogP contribution in [0.4, 0.5) is 0 Å². The summed E-state index contributed by atoms with van der Waals surface area (Å²) in [4.78, 5) is 28.6. The van der Waals surface area contributed by atoms with Crippen LogP contribution in [-0.4, -0.2) is 54.0 Å². The molecule has 4 N–H and O–H groups in total. The Morgan fingerprint density at radius 3 is 2.35 bits per heavy atom. The number of methoxy groups -OCH3 is 1. The highest BCUT2D eigenvalue weighted by Gasteiger charge is 2.44. The van der Waals surface area contributed by atoms with Gasteiger partial charge in [0.2, 0.25) is 21.1 Å². The molecule has 168 valence electrons.